The van der Waals surface area contributed by atoms with E-state index < -0.39 is 0 Å². The van der Waals surface area contributed by atoms with Gasteiger partial charge in [-0.1, -0.05) is 0 Å². The first kappa shape index (κ1) is 15.4. The normalized spacial score (nSPS) is 27.0. The smallest absolute Gasteiger partial charge is 0.237 e. The maximum absolute atomic E-state index is 12.4. The Morgan fingerprint density at radius 3 is 2.95 bits per heavy atom. The molecule has 3 saturated heterocycles. The van der Waals surface area contributed by atoms with E-state index in [9.17, 15) is 4.79 Å². The van der Waals surface area contributed by atoms with Gasteiger partial charge in [-0.3, -0.25) is 9.69 Å². The zero-order valence-corrected chi connectivity index (χ0v) is 13.2. The molecule has 122 valence electrons. The molecule has 7 nitrogen and oxygen atoms in total. The molecule has 0 aliphatic carbocycles. The highest BCUT2D eigenvalue weighted by Gasteiger charge is 2.37. The van der Waals surface area contributed by atoms with Crippen molar-refractivity contribution in [3.05, 3.63) is 12.2 Å². The van der Waals surface area contributed by atoms with Crippen molar-refractivity contribution >= 4 is 5.91 Å². The molecule has 3 fully saturated rings. The first-order chi connectivity index (χ1) is 10.8. The number of amides is 1. The fraction of sp³-hybridized carbons (Fsp3) is 0.800. The average molecular weight is 307 g/mol. The molecule has 0 aromatic carbocycles. The van der Waals surface area contributed by atoms with E-state index in [1.807, 2.05) is 4.57 Å². The Labute approximate surface area is 131 Å². The van der Waals surface area contributed by atoms with Gasteiger partial charge in [0.2, 0.25) is 5.91 Å². The van der Waals surface area contributed by atoms with Crippen molar-refractivity contribution < 1.29 is 9.53 Å². The minimum Gasteiger partial charge on any atom is -0.383 e. The van der Waals surface area contributed by atoms with Crippen LogP contribution in [0.25, 0.3) is 0 Å². The fourth-order valence-electron chi connectivity index (χ4n) is 3.50. The van der Waals surface area contributed by atoms with Crippen LogP contribution in [-0.4, -0.2) is 65.0 Å². The van der Waals surface area contributed by atoms with Crippen LogP contribution in [0, 0.1) is 5.92 Å². The molecule has 2 bridgehead atoms. The minimum absolute atomic E-state index is 0.0823. The van der Waals surface area contributed by atoms with E-state index >= 15 is 0 Å². The maximum Gasteiger partial charge on any atom is 0.237 e. The Balaban J connectivity index is 1.45. The number of piperidine rings is 3. The van der Waals surface area contributed by atoms with Crippen LogP contribution < -0.4 is 5.32 Å². The van der Waals surface area contributed by atoms with Crippen LogP contribution in [0.3, 0.4) is 0 Å². The van der Waals surface area contributed by atoms with Gasteiger partial charge in [-0.2, -0.15) is 0 Å². The van der Waals surface area contributed by atoms with Crippen molar-refractivity contribution in [3.8, 4) is 0 Å². The van der Waals surface area contributed by atoms with E-state index in [2.05, 4.69) is 20.4 Å². The van der Waals surface area contributed by atoms with Gasteiger partial charge in [-0.05, 0) is 38.3 Å². The van der Waals surface area contributed by atoms with Crippen molar-refractivity contribution in [2.45, 2.75) is 38.3 Å². The number of carbonyl (C=O) groups is 1. The molecule has 0 spiro atoms. The summed E-state index contributed by atoms with van der Waals surface area (Å²) in [5.41, 5.74) is 0. The van der Waals surface area contributed by atoms with Crippen LogP contribution in [0.5, 0.6) is 0 Å². The topological polar surface area (TPSA) is 72.3 Å². The van der Waals surface area contributed by atoms with Crippen molar-refractivity contribution in [1.82, 2.24) is 25.0 Å². The lowest BCUT2D eigenvalue weighted by Gasteiger charge is -2.44. The van der Waals surface area contributed by atoms with Crippen molar-refractivity contribution in [2.75, 3.05) is 33.4 Å². The quantitative estimate of drug-likeness (QED) is 0.772. The highest BCUT2D eigenvalue weighted by atomic mass is 16.5. The minimum atomic E-state index is 0.0823. The van der Waals surface area contributed by atoms with Crippen LogP contribution >= 0.6 is 0 Å². The molecule has 1 unspecified atom stereocenters. The number of hydrogen-bond donors (Lipinski definition) is 1. The Kier molecular flexibility index (Phi) is 5.04. The number of rotatable bonds is 7. The van der Waals surface area contributed by atoms with E-state index in [0.29, 0.717) is 19.6 Å². The van der Waals surface area contributed by atoms with Crippen LogP contribution in [0.15, 0.2) is 6.33 Å². The Hall–Kier alpha value is -1.47. The summed E-state index contributed by atoms with van der Waals surface area (Å²) in [6.07, 6.45) is 5.95. The molecule has 4 rings (SSSR count). The van der Waals surface area contributed by atoms with Crippen LogP contribution in [0.1, 0.15) is 25.1 Å². The van der Waals surface area contributed by atoms with Crippen LogP contribution in [0.4, 0.5) is 0 Å². The fourth-order valence-corrected chi connectivity index (χ4v) is 3.50. The van der Waals surface area contributed by atoms with Gasteiger partial charge in [0.05, 0.1) is 12.6 Å². The summed E-state index contributed by atoms with van der Waals surface area (Å²) < 4.78 is 7.04. The lowest BCUT2D eigenvalue weighted by molar-refractivity contribution is -0.130. The molecule has 22 heavy (non-hydrogen) atoms. The van der Waals surface area contributed by atoms with E-state index in [4.69, 9.17) is 4.74 Å². The van der Waals surface area contributed by atoms with E-state index in [-0.39, 0.29) is 11.9 Å². The molecule has 3 aliphatic rings. The van der Waals surface area contributed by atoms with Crippen LogP contribution in [0.2, 0.25) is 0 Å². The summed E-state index contributed by atoms with van der Waals surface area (Å²) in [6, 6.07) is 0.0823. The standard InChI is InChI=1S/C15H25N5O2/c1-22-9-8-20-11-17-18-14(20)2-5-16-15(21)13-10-12-3-6-19(13)7-4-12/h11-13H,2-10H2,1H3,(H,16,21). The highest BCUT2D eigenvalue weighted by molar-refractivity contribution is 5.82. The third-order valence-corrected chi connectivity index (χ3v) is 4.83. The zero-order chi connectivity index (χ0) is 15.4. The molecule has 4 heterocycles. The molecule has 7 heteroatoms. The number of nitrogens with zero attached hydrogens (tertiary/aromatic N) is 4. The SMILES string of the molecule is COCCn1cnnc1CCNC(=O)C1CC2CCN1CC2. The first-order valence-corrected chi connectivity index (χ1v) is 8.15. The first-order valence-electron chi connectivity index (χ1n) is 8.15. The van der Waals surface area contributed by atoms with Gasteiger partial charge >= 0.3 is 0 Å². The van der Waals surface area contributed by atoms with Gasteiger partial charge in [0.1, 0.15) is 12.2 Å². The number of nitrogens with one attached hydrogen (secondary N) is 1. The molecule has 0 saturated carbocycles. The van der Waals surface area contributed by atoms with Gasteiger partial charge in [-0.25, -0.2) is 0 Å². The monoisotopic (exact) mass is 307 g/mol. The molecule has 1 N–H and O–H groups in total. The second kappa shape index (κ2) is 7.19. The number of methoxy groups -OCH3 is 1. The molecule has 3 aliphatic heterocycles. The van der Waals surface area contributed by atoms with Crippen molar-refractivity contribution in [3.63, 3.8) is 0 Å². The summed E-state index contributed by atoms with van der Waals surface area (Å²) in [7, 11) is 1.68. The van der Waals surface area contributed by atoms with Gasteiger partial charge < -0.3 is 14.6 Å². The number of aromatic nitrogens is 3. The van der Waals surface area contributed by atoms with Gasteiger partial charge in [0.25, 0.3) is 0 Å². The summed E-state index contributed by atoms with van der Waals surface area (Å²) in [5.74, 6) is 1.81. The Morgan fingerprint density at radius 1 is 1.45 bits per heavy atom. The summed E-state index contributed by atoms with van der Waals surface area (Å²) in [5, 5.41) is 11.1. The summed E-state index contributed by atoms with van der Waals surface area (Å²) in [6.45, 7) is 4.14. The Bertz CT molecular complexity index is 496. The number of fused-ring (bicyclic) bond motifs is 3. The Morgan fingerprint density at radius 2 is 2.27 bits per heavy atom. The molecule has 0 radical (unpaired) electrons. The molecule has 1 aromatic heterocycles. The largest absolute Gasteiger partial charge is 0.383 e. The van der Waals surface area contributed by atoms with Gasteiger partial charge in [0, 0.05) is 26.6 Å². The predicted molar refractivity (Wildman–Crippen MR) is 81.3 cm³/mol. The van der Waals surface area contributed by atoms with E-state index in [0.717, 1.165) is 37.8 Å². The molecule has 1 aromatic rings. The second-order valence-corrected chi connectivity index (χ2v) is 6.21. The second-order valence-electron chi connectivity index (χ2n) is 6.21. The summed E-state index contributed by atoms with van der Waals surface area (Å²) >= 11 is 0. The number of carbonyl (C=O) groups excluding carboxylic acids is 1. The number of hydrogen-bond acceptors (Lipinski definition) is 5. The maximum atomic E-state index is 12.4. The van der Waals surface area contributed by atoms with E-state index in [1.165, 1.54) is 12.8 Å². The van der Waals surface area contributed by atoms with Crippen molar-refractivity contribution in [2.24, 2.45) is 5.92 Å². The summed E-state index contributed by atoms with van der Waals surface area (Å²) in [4.78, 5) is 14.7. The van der Waals surface area contributed by atoms with Gasteiger partial charge in [0.15, 0.2) is 0 Å². The lowest BCUT2D eigenvalue weighted by atomic mass is 9.83. The molecular weight excluding hydrogens is 282 g/mol. The molecule has 1 atom stereocenters. The number of ether oxygens (including phenoxy) is 1. The van der Waals surface area contributed by atoms with E-state index in [1.54, 1.807) is 13.4 Å². The predicted octanol–water partition coefficient (Wildman–Crippen LogP) is 0.0675. The van der Waals surface area contributed by atoms with Gasteiger partial charge in [-0.15, -0.1) is 10.2 Å². The zero-order valence-electron chi connectivity index (χ0n) is 13.2. The molecular formula is C15H25N5O2. The molecule has 1 amide bonds. The third kappa shape index (κ3) is 3.47. The third-order valence-electron chi connectivity index (χ3n) is 4.83. The average Bonchev–Trinajstić information content (AvgIpc) is 3.01. The van der Waals surface area contributed by atoms with Crippen molar-refractivity contribution in [1.29, 1.82) is 0 Å². The lowest BCUT2D eigenvalue weighted by Crippen LogP contribution is -2.55. The van der Waals surface area contributed by atoms with Crippen LogP contribution in [-0.2, 0) is 22.5 Å². The highest BCUT2D eigenvalue weighted by Crippen LogP contribution is 2.31.